The summed E-state index contributed by atoms with van der Waals surface area (Å²) < 4.78 is 7.52. The van der Waals surface area contributed by atoms with Gasteiger partial charge in [0.05, 0.1) is 6.33 Å². The van der Waals surface area contributed by atoms with E-state index in [2.05, 4.69) is 11.1 Å². The zero-order valence-corrected chi connectivity index (χ0v) is 14.9. The highest BCUT2D eigenvalue weighted by atomic mass is 16.3. The zero-order valence-electron chi connectivity index (χ0n) is 14.9. The number of hydrogen-bond acceptors (Lipinski definition) is 5. The lowest BCUT2D eigenvalue weighted by Crippen LogP contribution is -2.54. The van der Waals surface area contributed by atoms with Crippen molar-refractivity contribution in [2.24, 2.45) is 7.05 Å². The molecule has 1 aromatic carbocycles. The molecule has 136 valence electrons. The van der Waals surface area contributed by atoms with E-state index in [1.165, 1.54) is 4.90 Å². The number of aliphatic hydroxyl groups excluding tert-OH is 1. The van der Waals surface area contributed by atoms with Gasteiger partial charge in [-0.2, -0.15) is 0 Å². The number of para-hydroxylation sites is 1. The maximum atomic E-state index is 12.7. The number of rotatable bonds is 5. The Balaban J connectivity index is 1.38. The van der Waals surface area contributed by atoms with Crippen molar-refractivity contribution >= 4 is 22.7 Å². The van der Waals surface area contributed by atoms with Crippen LogP contribution in [-0.4, -0.2) is 45.4 Å². The van der Waals surface area contributed by atoms with E-state index < -0.39 is 6.35 Å². The molecular formula is C19H22N4O3. The Bertz CT molecular complexity index is 912. The summed E-state index contributed by atoms with van der Waals surface area (Å²) in [6, 6.07) is 10.0. The molecule has 1 N–H and O–H groups in total. The van der Waals surface area contributed by atoms with Crippen molar-refractivity contribution < 1.29 is 14.3 Å². The van der Waals surface area contributed by atoms with Crippen molar-refractivity contribution in [1.82, 2.24) is 14.5 Å². The molecule has 0 saturated heterocycles. The van der Waals surface area contributed by atoms with Crippen LogP contribution in [0.15, 0.2) is 41.1 Å². The highest BCUT2D eigenvalue weighted by Gasteiger charge is 2.37. The van der Waals surface area contributed by atoms with Crippen LogP contribution in [-0.2, 0) is 13.5 Å². The summed E-state index contributed by atoms with van der Waals surface area (Å²) >= 11 is 0. The number of carbonyl (C=O) groups is 1. The zero-order chi connectivity index (χ0) is 18.3. The lowest BCUT2D eigenvalue weighted by molar-refractivity contribution is 0.00254. The maximum Gasteiger partial charge on any atom is 0.277 e. The largest absolute Gasteiger partial charge is 0.461 e. The number of fused-ring (bicyclic) bond motifs is 2. The van der Waals surface area contributed by atoms with Crippen molar-refractivity contribution in [2.75, 3.05) is 18.5 Å². The number of anilines is 1. The van der Waals surface area contributed by atoms with Gasteiger partial charge >= 0.3 is 0 Å². The number of amides is 1. The van der Waals surface area contributed by atoms with E-state index in [0.29, 0.717) is 18.1 Å². The van der Waals surface area contributed by atoms with Crippen molar-refractivity contribution in [3.05, 3.63) is 48.1 Å². The van der Waals surface area contributed by atoms with E-state index >= 15 is 0 Å². The van der Waals surface area contributed by atoms with Crippen LogP contribution in [0.1, 0.15) is 29.1 Å². The van der Waals surface area contributed by atoms with Gasteiger partial charge < -0.3 is 19.0 Å². The third-order valence-corrected chi connectivity index (χ3v) is 4.89. The lowest BCUT2D eigenvalue weighted by atomic mass is 10.1. The Kier molecular flexibility index (Phi) is 4.16. The van der Waals surface area contributed by atoms with Gasteiger partial charge in [0.2, 0.25) is 6.35 Å². The van der Waals surface area contributed by atoms with Gasteiger partial charge in [-0.15, -0.1) is 0 Å². The molecule has 1 aliphatic rings. The molecule has 4 rings (SSSR count). The Hall–Kier alpha value is -2.80. The Morgan fingerprint density at radius 1 is 1.23 bits per heavy atom. The second-order valence-electron chi connectivity index (χ2n) is 6.69. The SMILES string of the molecule is CN1c2ncn(C)c2C(=O)N(CCCCc2cc3ccccc3o2)C1O. The minimum Gasteiger partial charge on any atom is -0.461 e. The van der Waals surface area contributed by atoms with Gasteiger partial charge in [-0.1, -0.05) is 18.2 Å². The molecule has 0 radical (unpaired) electrons. The first-order chi connectivity index (χ1) is 12.6. The molecule has 3 aromatic rings. The van der Waals surface area contributed by atoms with Crippen molar-refractivity contribution in [2.45, 2.75) is 25.6 Å². The third-order valence-electron chi connectivity index (χ3n) is 4.89. The van der Waals surface area contributed by atoms with E-state index in [1.807, 2.05) is 24.3 Å². The fourth-order valence-electron chi connectivity index (χ4n) is 3.44. The second kappa shape index (κ2) is 6.49. The monoisotopic (exact) mass is 354 g/mol. The van der Waals surface area contributed by atoms with Crippen molar-refractivity contribution in [3.63, 3.8) is 0 Å². The molecular weight excluding hydrogens is 332 g/mol. The van der Waals surface area contributed by atoms with E-state index in [-0.39, 0.29) is 5.91 Å². The predicted molar refractivity (Wildman–Crippen MR) is 97.8 cm³/mol. The fourth-order valence-corrected chi connectivity index (χ4v) is 3.44. The number of aromatic nitrogens is 2. The number of benzene rings is 1. The van der Waals surface area contributed by atoms with E-state index in [0.717, 1.165) is 36.0 Å². The van der Waals surface area contributed by atoms with Crippen molar-refractivity contribution in [1.29, 1.82) is 0 Å². The molecule has 7 heteroatoms. The number of unbranched alkanes of at least 4 members (excludes halogenated alkanes) is 1. The summed E-state index contributed by atoms with van der Waals surface area (Å²) in [7, 11) is 3.53. The second-order valence-corrected chi connectivity index (χ2v) is 6.69. The molecule has 7 nitrogen and oxygen atoms in total. The first-order valence-corrected chi connectivity index (χ1v) is 8.77. The minimum absolute atomic E-state index is 0.186. The van der Waals surface area contributed by atoms with Gasteiger partial charge in [0.15, 0.2) is 11.5 Å². The first-order valence-electron chi connectivity index (χ1n) is 8.77. The molecule has 1 aliphatic heterocycles. The summed E-state index contributed by atoms with van der Waals surface area (Å²) in [6.07, 6.45) is 3.06. The number of aryl methyl sites for hydroxylation is 2. The van der Waals surface area contributed by atoms with Crippen LogP contribution in [0.2, 0.25) is 0 Å². The quantitative estimate of drug-likeness (QED) is 0.712. The fraction of sp³-hybridized carbons (Fsp3) is 0.368. The number of carbonyl (C=O) groups excluding carboxylic acids is 1. The molecule has 0 aliphatic carbocycles. The van der Waals surface area contributed by atoms with Gasteiger partial charge in [-0.25, -0.2) is 4.98 Å². The molecule has 1 amide bonds. The maximum absolute atomic E-state index is 12.7. The van der Waals surface area contributed by atoms with Crippen LogP contribution < -0.4 is 4.90 Å². The van der Waals surface area contributed by atoms with Gasteiger partial charge in [0.1, 0.15) is 11.3 Å². The van der Waals surface area contributed by atoms with E-state index in [1.54, 1.807) is 29.9 Å². The Morgan fingerprint density at radius 2 is 2.04 bits per heavy atom. The predicted octanol–water partition coefficient (Wildman–Crippen LogP) is 2.36. The van der Waals surface area contributed by atoms with Crippen LogP contribution in [0, 0.1) is 0 Å². The van der Waals surface area contributed by atoms with Crippen LogP contribution in [0.25, 0.3) is 11.0 Å². The van der Waals surface area contributed by atoms with Crippen LogP contribution in [0.5, 0.6) is 0 Å². The average molecular weight is 354 g/mol. The summed E-state index contributed by atoms with van der Waals surface area (Å²) in [4.78, 5) is 20.0. The number of furan rings is 1. The van der Waals surface area contributed by atoms with E-state index in [4.69, 9.17) is 4.42 Å². The Labute approximate surface area is 151 Å². The van der Waals surface area contributed by atoms with Crippen molar-refractivity contribution in [3.8, 4) is 0 Å². The van der Waals surface area contributed by atoms with Crippen LogP contribution in [0.4, 0.5) is 5.82 Å². The molecule has 3 heterocycles. The van der Waals surface area contributed by atoms with Gasteiger partial charge in [0, 0.05) is 32.4 Å². The number of aliphatic hydroxyl groups is 1. The molecule has 26 heavy (non-hydrogen) atoms. The molecule has 0 saturated carbocycles. The third kappa shape index (κ3) is 2.74. The number of imidazole rings is 1. The molecule has 0 fully saturated rings. The highest BCUT2D eigenvalue weighted by Crippen LogP contribution is 2.27. The molecule has 0 spiro atoms. The number of nitrogens with zero attached hydrogens (tertiary/aromatic N) is 4. The molecule has 1 atom stereocenters. The highest BCUT2D eigenvalue weighted by molar-refractivity contribution is 5.99. The summed E-state index contributed by atoms with van der Waals surface area (Å²) in [6.45, 7) is 0.481. The Morgan fingerprint density at radius 3 is 2.85 bits per heavy atom. The van der Waals surface area contributed by atoms with E-state index in [9.17, 15) is 9.90 Å². The topological polar surface area (TPSA) is 74.7 Å². The number of hydrogen-bond donors (Lipinski definition) is 1. The average Bonchev–Trinajstić information content (AvgIpc) is 3.22. The van der Waals surface area contributed by atoms with Crippen LogP contribution >= 0.6 is 0 Å². The van der Waals surface area contributed by atoms with Gasteiger partial charge in [-0.05, 0) is 25.0 Å². The summed E-state index contributed by atoms with van der Waals surface area (Å²) in [5.41, 5.74) is 1.41. The van der Waals surface area contributed by atoms with Gasteiger partial charge in [-0.3, -0.25) is 9.69 Å². The normalized spacial score (nSPS) is 17.2. The first kappa shape index (κ1) is 16.7. The van der Waals surface area contributed by atoms with Gasteiger partial charge in [0.25, 0.3) is 5.91 Å². The standard InChI is InChI=1S/C19H22N4O3/c1-21-12-20-17-16(21)18(24)23(19(25)22(17)2)10-6-5-8-14-11-13-7-3-4-9-15(13)26-14/h3-4,7,9,11-12,19,25H,5-6,8,10H2,1-2H3. The molecule has 0 bridgehead atoms. The molecule has 1 unspecified atom stereocenters. The lowest BCUT2D eigenvalue weighted by Gasteiger charge is -2.38. The van der Waals surface area contributed by atoms with Crippen LogP contribution in [0.3, 0.4) is 0 Å². The molecule has 2 aromatic heterocycles. The summed E-state index contributed by atoms with van der Waals surface area (Å²) in [5, 5.41) is 11.5. The summed E-state index contributed by atoms with van der Waals surface area (Å²) in [5.74, 6) is 1.28. The minimum atomic E-state index is -0.990. The smallest absolute Gasteiger partial charge is 0.277 e.